The highest BCUT2D eigenvalue weighted by Crippen LogP contribution is 2.24. The Bertz CT molecular complexity index is 545. The normalized spacial score (nSPS) is 10.5. The number of aliphatic hydroxyl groups is 1. The average molecular weight is 264 g/mol. The minimum absolute atomic E-state index is 0.593. The number of benzene rings is 2. The molecule has 1 nitrogen and oxygen atoms in total. The first-order valence-electron chi connectivity index (χ1n) is 6.82. The van der Waals surface area contributed by atoms with Crippen molar-refractivity contribution < 1.29 is 5.11 Å². The van der Waals surface area contributed by atoms with Gasteiger partial charge in [-0.3, -0.25) is 0 Å². The van der Waals surface area contributed by atoms with Crippen LogP contribution in [0.3, 0.4) is 0 Å². The lowest BCUT2D eigenvalue weighted by Crippen LogP contribution is -2.01. The van der Waals surface area contributed by atoms with Crippen molar-refractivity contribution in [3.8, 4) is 0 Å². The third-order valence-electron chi connectivity index (χ3n) is 3.29. The molecule has 2 aromatic rings. The van der Waals surface area contributed by atoms with Gasteiger partial charge in [0.1, 0.15) is 6.10 Å². The summed E-state index contributed by atoms with van der Waals surface area (Å²) in [6, 6.07) is 16.0. The fourth-order valence-electron chi connectivity index (χ4n) is 2.31. The second-order valence-corrected chi connectivity index (χ2v) is 4.88. The van der Waals surface area contributed by atoms with Gasteiger partial charge in [-0.1, -0.05) is 60.7 Å². The number of aliphatic hydroxyl groups excluding tert-OH is 1. The molecule has 0 heterocycles. The third kappa shape index (κ3) is 3.46. The molecule has 2 rings (SSSR count). The summed E-state index contributed by atoms with van der Waals surface area (Å²) in [5.41, 5.74) is 4.16. The smallest absolute Gasteiger partial charge is 0.104 e. The second kappa shape index (κ2) is 6.88. The molecule has 0 bridgehead atoms. The highest BCUT2D eigenvalue weighted by molar-refractivity contribution is 5.35. The molecule has 20 heavy (non-hydrogen) atoms. The number of allylic oxidation sites excluding steroid dienone is 2. The van der Waals surface area contributed by atoms with Gasteiger partial charge in [-0.05, 0) is 35.1 Å². The van der Waals surface area contributed by atoms with Crippen LogP contribution in [-0.2, 0) is 12.8 Å². The van der Waals surface area contributed by atoms with E-state index in [1.54, 1.807) is 0 Å². The molecule has 102 valence electrons. The van der Waals surface area contributed by atoms with E-state index in [1.165, 1.54) is 11.1 Å². The summed E-state index contributed by atoms with van der Waals surface area (Å²) in [7, 11) is 0. The molecule has 1 heteroatoms. The minimum atomic E-state index is -0.593. The van der Waals surface area contributed by atoms with E-state index in [1.807, 2.05) is 60.7 Å². The van der Waals surface area contributed by atoms with Gasteiger partial charge in [0, 0.05) is 0 Å². The van der Waals surface area contributed by atoms with Gasteiger partial charge < -0.3 is 5.11 Å². The lowest BCUT2D eigenvalue weighted by Gasteiger charge is -2.13. The number of hydrogen-bond donors (Lipinski definition) is 1. The van der Waals surface area contributed by atoms with Crippen molar-refractivity contribution in [2.45, 2.75) is 18.9 Å². The Morgan fingerprint density at radius 3 is 1.70 bits per heavy atom. The Hall–Kier alpha value is -2.12. The van der Waals surface area contributed by atoms with Gasteiger partial charge in [0.25, 0.3) is 0 Å². The molecule has 0 saturated heterocycles. The standard InChI is InChI=1S/C19H20O/c1-3-7-15-9-5-11-17(13-15)19(20)18-12-6-10-16(14-18)8-4-2/h3-6,9-14,19-20H,1-2,7-8H2. The zero-order valence-corrected chi connectivity index (χ0v) is 11.6. The second-order valence-electron chi connectivity index (χ2n) is 4.88. The largest absolute Gasteiger partial charge is 0.384 e. The molecule has 0 radical (unpaired) electrons. The Labute approximate surface area is 120 Å². The van der Waals surface area contributed by atoms with Gasteiger partial charge in [-0.15, -0.1) is 13.2 Å². The molecule has 2 aromatic carbocycles. The minimum Gasteiger partial charge on any atom is -0.384 e. The summed E-state index contributed by atoms with van der Waals surface area (Å²) in [6.45, 7) is 7.50. The van der Waals surface area contributed by atoms with Crippen LogP contribution in [0.5, 0.6) is 0 Å². The van der Waals surface area contributed by atoms with Crippen LogP contribution >= 0.6 is 0 Å². The SMILES string of the molecule is C=CCc1cccc(C(O)c2cccc(CC=C)c2)c1. The van der Waals surface area contributed by atoms with Crippen molar-refractivity contribution in [1.82, 2.24) is 0 Å². The van der Waals surface area contributed by atoms with Crippen molar-refractivity contribution in [3.05, 3.63) is 96.1 Å². The predicted molar refractivity (Wildman–Crippen MR) is 84.7 cm³/mol. The van der Waals surface area contributed by atoms with Crippen LogP contribution in [0.15, 0.2) is 73.8 Å². The lowest BCUT2D eigenvalue weighted by molar-refractivity contribution is 0.220. The predicted octanol–water partition coefficient (Wildman–Crippen LogP) is 4.23. The summed E-state index contributed by atoms with van der Waals surface area (Å²) >= 11 is 0. The Morgan fingerprint density at radius 1 is 0.850 bits per heavy atom. The zero-order chi connectivity index (χ0) is 14.4. The van der Waals surface area contributed by atoms with Gasteiger partial charge in [-0.2, -0.15) is 0 Å². The zero-order valence-electron chi connectivity index (χ0n) is 11.6. The van der Waals surface area contributed by atoms with Crippen molar-refractivity contribution in [2.75, 3.05) is 0 Å². The average Bonchev–Trinajstić information content (AvgIpc) is 2.48. The maximum atomic E-state index is 10.5. The van der Waals surface area contributed by atoms with Crippen LogP contribution < -0.4 is 0 Å². The fourth-order valence-corrected chi connectivity index (χ4v) is 2.31. The van der Waals surface area contributed by atoms with E-state index in [9.17, 15) is 5.11 Å². The van der Waals surface area contributed by atoms with E-state index in [4.69, 9.17) is 0 Å². The first-order valence-corrected chi connectivity index (χ1v) is 6.82. The molecule has 0 aliphatic carbocycles. The molecule has 0 amide bonds. The first kappa shape index (κ1) is 14.3. The van der Waals surface area contributed by atoms with Gasteiger partial charge in [0.15, 0.2) is 0 Å². The monoisotopic (exact) mass is 264 g/mol. The van der Waals surface area contributed by atoms with E-state index in [0.717, 1.165) is 24.0 Å². The lowest BCUT2D eigenvalue weighted by atomic mass is 9.97. The highest BCUT2D eigenvalue weighted by atomic mass is 16.3. The summed E-state index contributed by atoms with van der Waals surface area (Å²) in [5, 5.41) is 10.5. The molecule has 0 fully saturated rings. The van der Waals surface area contributed by atoms with Gasteiger partial charge in [-0.25, -0.2) is 0 Å². The van der Waals surface area contributed by atoms with Gasteiger partial charge in [0.2, 0.25) is 0 Å². The van der Waals surface area contributed by atoms with Crippen LogP contribution in [0.25, 0.3) is 0 Å². The van der Waals surface area contributed by atoms with Crippen LogP contribution in [0.2, 0.25) is 0 Å². The quantitative estimate of drug-likeness (QED) is 0.774. The van der Waals surface area contributed by atoms with Gasteiger partial charge in [0.05, 0.1) is 0 Å². The Morgan fingerprint density at radius 2 is 1.30 bits per heavy atom. The maximum absolute atomic E-state index is 10.5. The van der Waals surface area contributed by atoms with E-state index in [0.29, 0.717) is 0 Å². The highest BCUT2D eigenvalue weighted by Gasteiger charge is 2.11. The Kier molecular flexibility index (Phi) is 4.91. The number of hydrogen-bond acceptors (Lipinski definition) is 1. The van der Waals surface area contributed by atoms with Crippen molar-refractivity contribution in [1.29, 1.82) is 0 Å². The molecule has 0 unspecified atom stereocenters. The van der Waals surface area contributed by atoms with Crippen LogP contribution in [0.1, 0.15) is 28.4 Å². The van der Waals surface area contributed by atoms with Gasteiger partial charge >= 0.3 is 0 Å². The summed E-state index contributed by atoms with van der Waals surface area (Å²) in [6.07, 6.45) is 4.78. The Balaban J connectivity index is 2.27. The molecule has 0 aliphatic rings. The molecule has 0 spiro atoms. The third-order valence-corrected chi connectivity index (χ3v) is 3.29. The first-order chi connectivity index (χ1) is 9.74. The van der Waals surface area contributed by atoms with Crippen LogP contribution in [-0.4, -0.2) is 5.11 Å². The fraction of sp³-hybridized carbons (Fsp3) is 0.158. The topological polar surface area (TPSA) is 20.2 Å². The molecular weight excluding hydrogens is 244 g/mol. The summed E-state index contributed by atoms with van der Waals surface area (Å²) in [4.78, 5) is 0. The summed E-state index contributed by atoms with van der Waals surface area (Å²) in [5.74, 6) is 0. The molecular formula is C19H20O. The van der Waals surface area contributed by atoms with Crippen LogP contribution in [0, 0.1) is 0 Å². The van der Waals surface area contributed by atoms with Crippen molar-refractivity contribution >= 4 is 0 Å². The molecule has 0 atom stereocenters. The van der Waals surface area contributed by atoms with E-state index in [2.05, 4.69) is 13.2 Å². The maximum Gasteiger partial charge on any atom is 0.104 e. The summed E-state index contributed by atoms with van der Waals surface area (Å²) < 4.78 is 0. The van der Waals surface area contributed by atoms with Crippen LogP contribution in [0.4, 0.5) is 0 Å². The number of rotatable bonds is 6. The van der Waals surface area contributed by atoms with E-state index in [-0.39, 0.29) is 0 Å². The molecule has 0 saturated carbocycles. The van der Waals surface area contributed by atoms with Crippen molar-refractivity contribution in [2.24, 2.45) is 0 Å². The molecule has 0 aliphatic heterocycles. The molecule has 1 N–H and O–H groups in total. The van der Waals surface area contributed by atoms with Crippen molar-refractivity contribution in [3.63, 3.8) is 0 Å². The molecule has 0 aromatic heterocycles. The van der Waals surface area contributed by atoms with E-state index >= 15 is 0 Å². The van der Waals surface area contributed by atoms with E-state index < -0.39 is 6.10 Å².